The number of aromatic nitrogens is 3. The lowest BCUT2D eigenvalue weighted by molar-refractivity contribution is -0.136. The Bertz CT molecular complexity index is 1060. The van der Waals surface area contributed by atoms with Crippen LogP contribution in [0.2, 0.25) is 0 Å². The number of carbonyl (C=O) groups excluding carboxylic acids is 1. The molecule has 1 aromatic carbocycles. The Kier molecular flexibility index (Phi) is 6.38. The smallest absolute Gasteiger partial charge is 0.225 e. The van der Waals surface area contributed by atoms with Crippen LogP contribution in [0.15, 0.2) is 30.5 Å². The first-order valence-corrected chi connectivity index (χ1v) is 13.0. The maximum Gasteiger partial charge on any atom is 0.225 e. The van der Waals surface area contributed by atoms with Gasteiger partial charge in [-0.1, -0.05) is 49.4 Å². The molecule has 2 aliphatic rings. The Morgan fingerprint density at radius 3 is 2.48 bits per heavy atom. The van der Waals surface area contributed by atoms with E-state index < -0.39 is 0 Å². The molecule has 0 radical (unpaired) electrons. The molecule has 0 atom stereocenters. The monoisotopic (exact) mass is 466 g/mol. The minimum absolute atomic E-state index is 0.147. The maximum absolute atomic E-state index is 13.0. The van der Waals surface area contributed by atoms with Gasteiger partial charge in [0, 0.05) is 44.2 Å². The van der Waals surface area contributed by atoms with Crippen LogP contribution in [0.5, 0.6) is 0 Å². The lowest BCUT2D eigenvalue weighted by Gasteiger charge is -2.33. The second kappa shape index (κ2) is 9.43. The maximum atomic E-state index is 13.0. The highest BCUT2D eigenvalue weighted by Gasteiger charge is 2.30. The Morgan fingerprint density at radius 1 is 1.03 bits per heavy atom. The highest BCUT2D eigenvalue weighted by atomic mass is 32.1. The van der Waals surface area contributed by atoms with E-state index in [0.717, 1.165) is 79.9 Å². The van der Waals surface area contributed by atoms with Gasteiger partial charge in [0.15, 0.2) is 0 Å². The summed E-state index contributed by atoms with van der Waals surface area (Å²) in [4.78, 5) is 25.5. The van der Waals surface area contributed by atoms with Gasteiger partial charge in [0.25, 0.3) is 0 Å². The molecule has 4 heterocycles. The Hall–Kier alpha value is -2.45. The van der Waals surface area contributed by atoms with Crippen molar-refractivity contribution in [1.82, 2.24) is 24.4 Å². The zero-order valence-electron chi connectivity index (χ0n) is 19.9. The number of fused-ring (bicyclic) bond motifs is 1. The minimum Gasteiger partial charge on any atom is -0.347 e. The van der Waals surface area contributed by atoms with E-state index in [1.54, 1.807) is 11.3 Å². The number of hydrogen-bond acceptors (Lipinski definition) is 6. The molecule has 176 valence electrons. The lowest BCUT2D eigenvalue weighted by atomic mass is 9.95. The SMILES string of the molecule is CC(C)c1ccc(-c2cn3nc(N4CCC(C(=O)N5CCCN(C)CC5)CC4)sc3n2)cc1. The lowest BCUT2D eigenvalue weighted by Crippen LogP contribution is -2.43. The predicted molar refractivity (Wildman–Crippen MR) is 134 cm³/mol. The van der Waals surface area contributed by atoms with Gasteiger partial charge in [-0.3, -0.25) is 4.79 Å². The van der Waals surface area contributed by atoms with Crippen molar-refractivity contribution >= 4 is 27.3 Å². The van der Waals surface area contributed by atoms with Gasteiger partial charge in [-0.15, -0.1) is 5.10 Å². The summed E-state index contributed by atoms with van der Waals surface area (Å²) in [5.74, 6) is 1.03. The topological polar surface area (TPSA) is 57.0 Å². The first-order valence-electron chi connectivity index (χ1n) is 12.2. The molecule has 0 bridgehead atoms. The number of piperidine rings is 1. The van der Waals surface area contributed by atoms with Gasteiger partial charge >= 0.3 is 0 Å². The molecular formula is C25H34N6OS. The van der Waals surface area contributed by atoms with E-state index in [1.807, 2.05) is 10.7 Å². The van der Waals surface area contributed by atoms with Crippen LogP contribution >= 0.6 is 11.3 Å². The van der Waals surface area contributed by atoms with Gasteiger partial charge in [0.2, 0.25) is 16.0 Å². The van der Waals surface area contributed by atoms with Crippen LogP contribution in [-0.2, 0) is 4.79 Å². The minimum atomic E-state index is 0.147. The summed E-state index contributed by atoms with van der Waals surface area (Å²) in [6, 6.07) is 8.66. The number of rotatable bonds is 4. The van der Waals surface area contributed by atoms with Crippen molar-refractivity contribution in [3.63, 3.8) is 0 Å². The summed E-state index contributed by atoms with van der Waals surface area (Å²) in [7, 11) is 2.14. The summed E-state index contributed by atoms with van der Waals surface area (Å²) in [6.45, 7) is 10.00. The molecule has 0 unspecified atom stereocenters. The normalized spacial score (nSPS) is 18.9. The first kappa shape index (κ1) is 22.3. The van der Waals surface area contributed by atoms with Gasteiger partial charge in [-0.2, -0.15) is 0 Å². The molecule has 2 saturated heterocycles. The number of nitrogens with zero attached hydrogens (tertiary/aromatic N) is 6. The first-order chi connectivity index (χ1) is 16.0. The second-order valence-electron chi connectivity index (χ2n) is 9.76. The highest BCUT2D eigenvalue weighted by molar-refractivity contribution is 7.20. The average Bonchev–Trinajstić information content (AvgIpc) is 3.33. The van der Waals surface area contributed by atoms with E-state index in [0.29, 0.717) is 11.8 Å². The van der Waals surface area contributed by atoms with Crippen molar-refractivity contribution in [2.75, 3.05) is 51.2 Å². The van der Waals surface area contributed by atoms with Crippen molar-refractivity contribution in [2.24, 2.45) is 5.92 Å². The summed E-state index contributed by atoms with van der Waals surface area (Å²) in [5, 5.41) is 5.81. The van der Waals surface area contributed by atoms with E-state index in [1.165, 1.54) is 5.56 Å². The van der Waals surface area contributed by atoms with E-state index >= 15 is 0 Å². The van der Waals surface area contributed by atoms with E-state index in [9.17, 15) is 4.79 Å². The molecule has 7 nitrogen and oxygen atoms in total. The fraction of sp³-hybridized carbons (Fsp3) is 0.560. The van der Waals surface area contributed by atoms with Gasteiger partial charge in [-0.25, -0.2) is 9.50 Å². The number of likely N-dealkylation sites (N-methyl/N-ethyl adjacent to an activating group) is 1. The largest absolute Gasteiger partial charge is 0.347 e. The fourth-order valence-corrected chi connectivity index (χ4v) is 5.77. The number of anilines is 1. The van der Waals surface area contributed by atoms with Crippen LogP contribution in [0.3, 0.4) is 0 Å². The second-order valence-corrected chi connectivity index (χ2v) is 10.7. The molecule has 2 fully saturated rings. The zero-order valence-corrected chi connectivity index (χ0v) is 20.7. The van der Waals surface area contributed by atoms with Crippen LogP contribution in [0.1, 0.15) is 44.6 Å². The standard InChI is InChI=1S/C25H34N6OS/c1-18(2)19-5-7-20(8-6-19)22-17-31-24(26-22)33-25(27-31)30-13-9-21(10-14-30)23(32)29-12-4-11-28(3)15-16-29/h5-8,17-18,21H,4,9-16H2,1-3H3. The van der Waals surface area contributed by atoms with Gasteiger partial charge in [-0.05, 0) is 44.3 Å². The van der Waals surface area contributed by atoms with Crippen LogP contribution in [-0.4, -0.2) is 76.6 Å². The van der Waals surface area contributed by atoms with Crippen molar-refractivity contribution < 1.29 is 4.79 Å². The van der Waals surface area contributed by atoms with Crippen LogP contribution in [0.4, 0.5) is 5.13 Å². The van der Waals surface area contributed by atoms with Crippen LogP contribution in [0.25, 0.3) is 16.2 Å². The third kappa shape index (κ3) is 4.77. The molecule has 3 aromatic rings. The van der Waals surface area contributed by atoms with E-state index in [2.05, 4.69) is 59.9 Å². The molecule has 5 rings (SSSR count). The molecule has 2 aromatic heterocycles. The number of benzene rings is 1. The van der Waals surface area contributed by atoms with Gasteiger partial charge in [0.1, 0.15) is 0 Å². The van der Waals surface area contributed by atoms with E-state index in [4.69, 9.17) is 10.1 Å². The molecule has 0 spiro atoms. The molecule has 8 heteroatoms. The summed E-state index contributed by atoms with van der Waals surface area (Å²) >= 11 is 1.63. The molecule has 33 heavy (non-hydrogen) atoms. The Labute approximate surface area is 200 Å². The summed E-state index contributed by atoms with van der Waals surface area (Å²) < 4.78 is 1.90. The quantitative estimate of drug-likeness (QED) is 0.583. The van der Waals surface area contributed by atoms with Crippen molar-refractivity contribution in [2.45, 2.75) is 39.0 Å². The zero-order chi connectivity index (χ0) is 22.9. The van der Waals surface area contributed by atoms with Crippen LogP contribution in [0, 0.1) is 5.92 Å². The van der Waals surface area contributed by atoms with Crippen molar-refractivity contribution in [3.8, 4) is 11.3 Å². The van der Waals surface area contributed by atoms with Gasteiger partial charge in [0.05, 0.1) is 11.9 Å². The Balaban J connectivity index is 1.21. The fourth-order valence-electron chi connectivity index (χ4n) is 4.84. The van der Waals surface area contributed by atoms with Crippen molar-refractivity contribution in [3.05, 3.63) is 36.0 Å². The molecule has 0 aliphatic carbocycles. The van der Waals surface area contributed by atoms with Gasteiger partial charge < -0.3 is 14.7 Å². The molecule has 0 saturated carbocycles. The average molecular weight is 467 g/mol. The number of carbonyl (C=O) groups is 1. The summed E-state index contributed by atoms with van der Waals surface area (Å²) in [5.41, 5.74) is 3.42. The van der Waals surface area contributed by atoms with E-state index in [-0.39, 0.29) is 5.92 Å². The third-order valence-electron chi connectivity index (χ3n) is 7.05. The third-order valence-corrected chi connectivity index (χ3v) is 8.03. The highest BCUT2D eigenvalue weighted by Crippen LogP contribution is 2.30. The number of amides is 1. The Morgan fingerprint density at radius 2 is 1.79 bits per heavy atom. The summed E-state index contributed by atoms with van der Waals surface area (Å²) in [6.07, 6.45) is 4.90. The predicted octanol–water partition coefficient (Wildman–Crippen LogP) is 3.96. The molecular weight excluding hydrogens is 432 g/mol. The molecule has 2 aliphatic heterocycles. The molecule has 1 amide bonds. The number of imidazole rings is 1. The van der Waals surface area contributed by atoms with Crippen molar-refractivity contribution in [1.29, 1.82) is 0 Å². The molecule has 0 N–H and O–H groups in total. The number of hydrogen-bond donors (Lipinski definition) is 0. The van der Waals surface area contributed by atoms with Crippen LogP contribution < -0.4 is 4.90 Å².